The summed E-state index contributed by atoms with van der Waals surface area (Å²) < 4.78 is 10.7. The van der Waals surface area contributed by atoms with Gasteiger partial charge in [-0.1, -0.05) is 20.8 Å². The van der Waals surface area contributed by atoms with Crippen molar-refractivity contribution in [3.8, 4) is 11.5 Å². The minimum atomic E-state index is -0.575. The summed E-state index contributed by atoms with van der Waals surface area (Å²) in [5.41, 5.74) is 1.04. The second-order valence-electron chi connectivity index (χ2n) is 7.21. The Kier molecular flexibility index (Phi) is 5.49. The Balaban J connectivity index is 1.93. The number of rotatable bonds is 4. The van der Waals surface area contributed by atoms with Crippen molar-refractivity contribution in [3.05, 3.63) is 83.9 Å². The van der Waals surface area contributed by atoms with Crippen LogP contribution in [0, 0.1) is 0 Å². The van der Waals surface area contributed by atoms with Gasteiger partial charge in [0.25, 0.3) is 0 Å². The average Bonchev–Trinajstić information content (AvgIpc) is 2.68. The highest BCUT2D eigenvalue weighted by Crippen LogP contribution is 2.26. The first-order valence-corrected chi connectivity index (χ1v) is 8.73. The Bertz CT molecular complexity index is 909. The number of pyridine rings is 2. The molecule has 0 aliphatic heterocycles. The lowest BCUT2D eigenvalue weighted by Gasteiger charge is -2.20. The highest BCUT2D eigenvalue weighted by molar-refractivity contribution is 5.97. The molecule has 0 saturated heterocycles. The lowest BCUT2D eigenvalue weighted by atomic mass is 9.85. The van der Waals surface area contributed by atoms with Crippen molar-refractivity contribution in [3.63, 3.8) is 0 Å². The van der Waals surface area contributed by atoms with Crippen LogP contribution in [0.15, 0.2) is 67.3 Å². The number of esters is 2. The largest absolute Gasteiger partial charge is 0.421 e. The highest BCUT2D eigenvalue weighted by atomic mass is 16.5. The lowest BCUT2D eigenvalue weighted by molar-refractivity contribution is 0.0734. The molecule has 0 N–H and O–H groups in total. The monoisotopic (exact) mass is 376 g/mol. The molecule has 0 aliphatic carbocycles. The zero-order valence-electron chi connectivity index (χ0n) is 15.9. The molecule has 6 heteroatoms. The van der Waals surface area contributed by atoms with Gasteiger partial charge in [-0.25, -0.2) is 9.59 Å². The summed E-state index contributed by atoms with van der Waals surface area (Å²) in [4.78, 5) is 33.1. The van der Waals surface area contributed by atoms with Crippen LogP contribution in [0.3, 0.4) is 0 Å². The molecule has 0 amide bonds. The van der Waals surface area contributed by atoms with Crippen LogP contribution in [0.25, 0.3) is 0 Å². The number of carbonyl (C=O) groups excluding carboxylic acids is 2. The van der Waals surface area contributed by atoms with Gasteiger partial charge in [-0.2, -0.15) is 0 Å². The van der Waals surface area contributed by atoms with E-state index in [2.05, 4.69) is 9.97 Å². The molecular formula is C22H20N2O4. The minimum absolute atomic E-state index is 0.259. The number of carbonyl (C=O) groups is 2. The lowest BCUT2D eigenvalue weighted by Crippen LogP contribution is -2.18. The number of nitrogens with zero attached hydrogens (tertiary/aromatic N) is 2. The maximum absolute atomic E-state index is 12.6. The maximum atomic E-state index is 12.6. The first-order chi connectivity index (χ1) is 13.3. The molecule has 0 atom stereocenters. The first kappa shape index (κ1) is 19.2. The molecule has 1 aromatic carbocycles. The average molecular weight is 376 g/mol. The Hall–Kier alpha value is -3.54. The second kappa shape index (κ2) is 8.00. The topological polar surface area (TPSA) is 78.4 Å². The molecule has 2 heterocycles. The van der Waals surface area contributed by atoms with E-state index in [1.165, 1.54) is 18.5 Å². The van der Waals surface area contributed by atoms with E-state index in [0.29, 0.717) is 11.5 Å². The molecule has 0 spiro atoms. The van der Waals surface area contributed by atoms with Crippen LogP contribution in [-0.4, -0.2) is 21.9 Å². The molecule has 0 aliphatic rings. The third-order valence-corrected chi connectivity index (χ3v) is 3.96. The minimum Gasteiger partial charge on any atom is -0.421 e. The van der Waals surface area contributed by atoms with Crippen LogP contribution in [0.4, 0.5) is 0 Å². The predicted octanol–water partition coefficient (Wildman–Crippen LogP) is 4.21. The van der Waals surface area contributed by atoms with Gasteiger partial charge in [-0.3, -0.25) is 9.97 Å². The van der Waals surface area contributed by atoms with Gasteiger partial charge in [0.1, 0.15) is 11.5 Å². The van der Waals surface area contributed by atoms with Crippen LogP contribution >= 0.6 is 0 Å². The van der Waals surface area contributed by atoms with Crippen molar-refractivity contribution in [1.29, 1.82) is 0 Å². The summed E-state index contributed by atoms with van der Waals surface area (Å²) in [5.74, 6) is -0.495. The molecule has 2 aromatic heterocycles. The fourth-order valence-electron chi connectivity index (χ4n) is 2.44. The third kappa shape index (κ3) is 4.79. The van der Waals surface area contributed by atoms with Gasteiger partial charge in [-0.15, -0.1) is 0 Å². The maximum Gasteiger partial charge on any atom is 0.343 e. The van der Waals surface area contributed by atoms with Gasteiger partial charge in [0, 0.05) is 12.4 Å². The number of aromatic nitrogens is 2. The van der Waals surface area contributed by atoms with E-state index >= 15 is 0 Å². The second-order valence-corrected chi connectivity index (χ2v) is 7.21. The summed E-state index contributed by atoms with van der Waals surface area (Å²) in [7, 11) is 0. The van der Waals surface area contributed by atoms with Gasteiger partial charge in [0.15, 0.2) is 0 Å². The fourth-order valence-corrected chi connectivity index (χ4v) is 2.44. The van der Waals surface area contributed by atoms with E-state index < -0.39 is 11.9 Å². The normalized spacial score (nSPS) is 11.0. The first-order valence-electron chi connectivity index (χ1n) is 8.73. The van der Waals surface area contributed by atoms with Gasteiger partial charge in [-0.05, 0) is 53.4 Å². The molecule has 6 nitrogen and oxygen atoms in total. The highest BCUT2D eigenvalue weighted by Gasteiger charge is 2.21. The van der Waals surface area contributed by atoms with E-state index in [1.54, 1.807) is 48.8 Å². The van der Waals surface area contributed by atoms with Crippen LogP contribution < -0.4 is 9.47 Å². The van der Waals surface area contributed by atoms with Crippen LogP contribution in [0.2, 0.25) is 0 Å². The van der Waals surface area contributed by atoms with Gasteiger partial charge in [0.05, 0.1) is 23.5 Å². The predicted molar refractivity (Wildman–Crippen MR) is 104 cm³/mol. The molecule has 0 unspecified atom stereocenters. The number of benzene rings is 1. The zero-order chi connectivity index (χ0) is 20.1. The quantitative estimate of drug-likeness (QED) is 0.635. The Labute approximate surface area is 163 Å². The number of hydrogen-bond acceptors (Lipinski definition) is 6. The molecule has 0 saturated carbocycles. The molecule has 142 valence electrons. The summed E-state index contributed by atoms with van der Waals surface area (Å²) in [6, 6.07) is 11.5. The van der Waals surface area contributed by atoms with Crippen LogP contribution in [0.5, 0.6) is 11.5 Å². The van der Waals surface area contributed by atoms with Crippen molar-refractivity contribution in [2.45, 2.75) is 26.2 Å². The fraction of sp³-hybridized carbons (Fsp3) is 0.182. The van der Waals surface area contributed by atoms with Crippen LogP contribution in [0.1, 0.15) is 47.1 Å². The van der Waals surface area contributed by atoms with Gasteiger partial charge in [0.2, 0.25) is 0 Å². The van der Waals surface area contributed by atoms with Crippen molar-refractivity contribution in [2.24, 2.45) is 0 Å². The summed E-state index contributed by atoms with van der Waals surface area (Å²) in [6.45, 7) is 5.98. The van der Waals surface area contributed by atoms with E-state index in [9.17, 15) is 9.59 Å². The van der Waals surface area contributed by atoms with E-state index in [4.69, 9.17) is 9.47 Å². The summed E-state index contributed by atoms with van der Waals surface area (Å²) >= 11 is 0. The van der Waals surface area contributed by atoms with Crippen molar-refractivity contribution in [1.82, 2.24) is 9.97 Å². The van der Waals surface area contributed by atoms with E-state index in [0.717, 1.165) is 5.56 Å². The molecule has 0 bridgehead atoms. The van der Waals surface area contributed by atoms with E-state index in [-0.39, 0.29) is 16.5 Å². The van der Waals surface area contributed by atoms with Crippen molar-refractivity contribution in [2.75, 3.05) is 0 Å². The smallest absolute Gasteiger partial charge is 0.343 e. The molecular weight excluding hydrogens is 356 g/mol. The third-order valence-electron chi connectivity index (χ3n) is 3.96. The molecule has 0 radical (unpaired) electrons. The Morgan fingerprint density at radius 3 is 1.61 bits per heavy atom. The summed E-state index contributed by atoms with van der Waals surface area (Å²) in [5, 5.41) is 0. The van der Waals surface area contributed by atoms with E-state index in [1.807, 2.05) is 20.8 Å². The van der Waals surface area contributed by atoms with Gasteiger partial charge < -0.3 is 9.47 Å². The number of hydrogen-bond donors (Lipinski definition) is 0. The molecule has 3 rings (SSSR count). The number of ether oxygens (including phenoxy) is 2. The summed E-state index contributed by atoms with van der Waals surface area (Å²) in [6.07, 6.45) is 6.07. The SMILES string of the molecule is CC(C)(C)c1cc(C(=O)Oc2cccnc2)cc(C(=O)Oc2cccnc2)c1. The standard InChI is InChI=1S/C22H20N2O4/c1-22(2,3)17-11-15(20(25)27-18-6-4-8-23-13-18)10-16(12-17)21(26)28-19-7-5-9-24-14-19/h4-14H,1-3H3. The van der Waals surface area contributed by atoms with Crippen molar-refractivity contribution < 1.29 is 19.1 Å². The van der Waals surface area contributed by atoms with Gasteiger partial charge >= 0.3 is 11.9 Å². The van der Waals surface area contributed by atoms with Crippen LogP contribution in [-0.2, 0) is 5.41 Å². The molecule has 3 aromatic rings. The zero-order valence-corrected chi connectivity index (χ0v) is 15.9. The molecule has 0 fully saturated rings. The molecule has 28 heavy (non-hydrogen) atoms. The van der Waals surface area contributed by atoms with Crippen molar-refractivity contribution >= 4 is 11.9 Å². The Morgan fingerprint density at radius 2 is 1.25 bits per heavy atom. The Morgan fingerprint density at radius 1 is 0.786 bits per heavy atom.